The molecule has 1 saturated carbocycles. The SMILES string of the molecule is COC1(c2noc([C@@H](N)C(C)(C)C)n2)CCCC(C)C1. The average molecular weight is 281 g/mol. The van der Waals surface area contributed by atoms with Crippen LogP contribution in [0.4, 0.5) is 0 Å². The van der Waals surface area contributed by atoms with Crippen LogP contribution >= 0.6 is 0 Å². The van der Waals surface area contributed by atoms with Crippen molar-refractivity contribution in [3.8, 4) is 0 Å². The van der Waals surface area contributed by atoms with Gasteiger partial charge >= 0.3 is 0 Å². The molecule has 1 aromatic heterocycles. The second-order valence-corrected chi connectivity index (χ2v) is 7.20. The van der Waals surface area contributed by atoms with Crippen molar-refractivity contribution in [1.29, 1.82) is 0 Å². The standard InChI is InChI=1S/C15H27N3O2/c1-10-7-6-8-15(9-10,19-5)13-17-12(20-18-13)11(16)14(2,3)4/h10-11H,6-9,16H2,1-5H3/t10?,11-,15?/m1/s1. The van der Waals surface area contributed by atoms with Gasteiger partial charge in [-0.3, -0.25) is 0 Å². The van der Waals surface area contributed by atoms with E-state index in [-0.39, 0.29) is 11.5 Å². The summed E-state index contributed by atoms with van der Waals surface area (Å²) in [6.45, 7) is 8.44. The average Bonchev–Trinajstić information content (AvgIpc) is 2.86. The number of nitrogens with two attached hydrogens (primary N) is 1. The minimum Gasteiger partial charge on any atom is -0.370 e. The summed E-state index contributed by atoms with van der Waals surface area (Å²) in [5, 5.41) is 4.16. The third kappa shape index (κ3) is 2.88. The van der Waals surface area contributed by atoms with Crippen LogP contribution in [0.3, 0.4) is 0 Å². The lowest BCUT2D eigenvalue weighted by Crippen LogP contribution is -2.35. The molecule has 5 heteroatoms. The normalized spacial score (nSPS) is 29.4. The second kappa shape index (κ2) is 5.45. The fourth-order valence-electron chi connectivity index (χ4n) is 2.90. The molecule has 2 unspecified atom stereocenters. The van der Waals surface area contributed by atoms with E-state index in [1.165, 1.54) is 6.42 Å². The second-order valence-electron chi connectivity index (χ2n) is 7.20. The van der Waals surface area contributed by atoms with Gasteiger partial charge in [0, 0.05) is 7.11 Å². The molecule has 1 heterocycles. The molecule has 1 fully saturated rings. The smallest absolute Gasteiger partial charge is 0.244 e. The Morgan fingerprint density at radius 1 is 1.45 bits per heavy atom. The van der Waals surface area contributed by atoms with Gasteiger partial charge in [0.05, 0.1) is 6.04 Å². The molecule has 5 nitrogen and oxygen atoms in total. The Morgan fingerprint density at radius 2 is 2.15 bits per heavy atom. The first kappa shape index (κ1) is 15.4. The summed E-state index contributed by atoms with van der Waals surface area (Å²) in [7, 11) is 1.73. The summed E-state index contributed by atoms with van der Waals surface area (Å²) in [4.78, 5) is 4.55. The minimum absolute atomic E-state index is 0.107. The number of aromatic nitrogens is 2. The Kier molecular flexibility index (Phi) is 4.21. The highest BCUT2D eigenvalue weighted by atomic mass is 16.5. The van der Waals surface area contributed by atoms with E-state index in [0.717, 1.165) is 19.3 Å². The van der Waals surface area contributed by atoms with Crippen molar-refractivity contribution in [2.75, 3.05) is 7.11 Å². The number of nitrogens with zero attached hydrogens (tertiary/aromatic N) is 2. The Bertz CT molecular complexity index is 452. The highest BCUT2D eigenvalue weighted by molar-refractivity contribution is 5.06. The van der Waals surface area contributed by atoms with Gasteiger partial charge in [-0.15, -0.1) is 0 Å². The summed E-state index contributed by atoms with van der Waals surface area (Å²) in [6.07, 6.45) is 4.24. The van der Waals surface area contributed by atoms with Gasteiger partial charge in [0.1, 0.15) is 5.60 Å². The van der Waals surface area contributed by atoms with Crippen LogP contribution in [0.15, 0.2) is 4.52 Å². The molecule has 0 aromatic carbocycles. The highest BCUT2D eigenvalue weighted by Gasteiger charge is 2.41. The van der Waals surface area contributed by atoms with Crippen LogP contribution in [0, 0.1) is 11.3 Å². The summed E-state index contributed by atoms with van der Waals surface area (Å²) in [5.41, 5.74) is 5.68. The van der Waals surface area contributed by atoms with Gasteiger partial charge in [-0.05, 0) is 30.6 Å². The molecule has 1 aliphatic rings. The third-order valence-electron chi connectivity index (χ3n) is 4.39. The zero-order chi connectivity index (χ0) is 15.0. The van der Waals surface area contributed by atoms with Gasteiger partial charge in [0.25, 0.3) is 0 Å². The molecule has 0 amide bonds. The predicted molar refractivity (Wildman–Crippen MR) is 77.0 cm³/mol. The van der Waals surface area contributed by atoms with E-state index >= 15 is 0 Å². The molecule has 1 aliphatic carbocycles. The van der Waals surface area contributed by atoms with E-state index in [4.69, 9.17) is 15.0 Å². The molecular weight excluding hydrogens is 254 g/mol. The Hall–Kier alpha value is -0.940. The Labute approximate surface area is 121 Å². The van der Waals surface area contributed by atoms with E-state index in [2.05, 4.69) is 37.8 Å². The topological polar surface area (TPSA) is 74.2 Å². The minimum atomic E-state index is -0.406. The first-order valence-electron chi connectivity index (χ1n) is 7.43. The Morgan fingerprint density at radius 3 is 2.70 bits per heavy atom. The van der Waals surface area contributed by atoms with Crippen LogP contribution in [-0.2, 0) is 10.3 Å². The van der Waals surface area contributed by atoms with Crippen LogP contribution in [0.25, 0.3) is 0 Å². The summed E-state index contributed by atoms with van der Waals surface area (Å²) >= 11 is 0. The van der Waals surface area contributed by atoms with Gasteiger partial charge in [0.2, 0.25) is 11.7 Å². The van der Waals surface area contributed by atoms with E-state index < -0.39 is 5.60 Å². The van der Waals surface area contributed by atoms with Gasteiger partial charge in [-0.1, -0.05) is 39.3 Å². The number of rotatable bonds is 3. The lowest BCUT2D eigenvalue weighted by molar-refractivity contribution is -0.0658. The predicted octanol–water partition coefficient (Wildman–Crippen LogP) is 3.17. The summed E-state index contributed by atoms with van der Waals surface area (Å²) < 4.78 is 11.2. The summed E-state index contributed by atoms with van der Waals surface area (Å²) in [6, 6.07) is -0.265. The first-order valence-corrected chi connectivity index (χ1v) is 7.43. The maximum Gasteiger partial charge on any atom is 0.244 e. The van der Waals surface area contributed by atoms with E-state index in [0.29, 0.717) is 17.6 Å². The fraction of sp³-hybridized carbons (Fsp3) is 0.867. The molecule has 20 heavy (non-hydrogen) atoms. The van der Waals surface area contributed by atoms with Gasteiger partial charge in [-0.2, -0.15) is 4.98 Å². The summed E-state index contributed by atoms with van der Waals surface area (Å²) in [5.74, 6) is 1.77. The third-order valence-corrected chi connectivity index (χ3v) is 4.39. The molecule has 0 bridgehead atoms. The van der Waals surface area contributed by atoms with Crippen molar-refractivity contribution in [1.82, 2.24) is 10.1 Å². The molecule has 0 spiro atoms. The fourth-order valence-corrected chi connectivity index (χ4v) is 2.90. The van der Waals surface area contributed by atoms with Crippen molar-refractivity contribution in [3.63, 3.8) is 0 Å². The highest BCUT2D eigenvalue weighted by Crippen LogP contribution is 2.41. The van der Waals surface area contributed by atoms with Gasteiger partial charge < -0.3 is 15.0 Å². The van der Waals surface area contributed by atoms with Crippen LogP contribution in [0.5, 0.6) is 0 Å². The lowest BCUT2D eigenvalue weighted by Gasteiger charge is -2.36. The first-order chi connectivity index (χ1) is 9.28. The van der Waals surface area contributed by atoms with E-state index in [1.807, 2.05) is 0 Å². The number of ether oxygens (including phenoxy) is 1. The quantitative estimate of drug-likeness (QED) is 0.921. The van der Waals surface area contributed by atoms with Crippen LogP contribution in [0.1, 0.15) is 71.1 Å². The zero-order valence-electron chi connectivity index (χ0n) is 13.3. The van der Waals surface area contributed by atoms with Crippen molar-refractivity contribution in [2.24, 2.45) is 17.1 Å². The largest absolute Gasteiger partial charge is 0.370 e. The van der Waals surface area contributed by atoms with E-state index in [9.17, 15) is 0 Å². The molecule has 2 rings (SSSR count). The molecule has 0 aliphatic heterocycles. The van der Waals surface area contributed by atoms with Crippen molar-refractivity contribution in [2.45, 2.75) is 65.0 Å². The van der Waals surface area contributed by atoms with Crippen LogP contribution in [0.2, 0.25) is 0 Å². The van der Waals surface area contributed by atoms with Crippen molar-refractivity contribution >= 4 is 0 Å². The van der Waals surface area contributed by atoms with Gasteiger partial charge in [-0.25, -0.2) is 0 Å². The molecule has 0 radical (unpaired) electrons. The maximum absolute atomic E-state index is 6.19. The monoisotopic (exact) mass is 281 g/mol. The Balaban J connectivity index is 2.26. The number of hydrogen-bond acceptors (Lipinski definition) is 5. The van der Waals surface area contributed by atoms with Crippen molar-refractivity contribution in [3.05, 3.63) is 11.7 Å². The number of hydrogen-bond donors (Lipinski definition) is 1. The maximum atomic E-state index is 6.19. The lowest BCUT2D eigenvalue weighted by atomic mass is 9.78. The molecule has 2 N–H and O–H groups in total. The van der Waals surface area contributed by atoms with Gasteiger partial charge in [0.15, 0.2) is 0 Å². The van der Waals surface area contributed by atoms with Crippen LogP contribution in [-0.4, -0.2) is 17.3 Å². The zero-order valence-corrected chi connectivity index (χ0v) is 13.3. The van der Waals surface area contributed by atoms with Crippen molar-refractivity contribution < 1.29 is 9.26 Å². The van der Waals surface area contributed by atoms with E-state index in [1.54, 1.807) is 7.11 Å². The molecule has 0 saturated heterocycles. The van der Waals surface area contributed by atoms with Crippen LogP contribution < -0.4 is 5.73 Å². The molecule has 114 valence electrons. The number of methoxy groups -OCH3 is 1. The molecule has 3 atom stereocenters. The molecule has 1 aromatic rings. The molecular formula is C15H27N3O2.